The minimum atomic E-state index is -0.473. The molecule has 2 N–H and O–H groups in total. The van der Waals surface area contributed by atoms with Crippen LogP contribution in [0.5, 0.6) is 11.5 Å². The number of amides is 2. The Labute approximate surface area is 170 Å². The Hall–Kier alpha value is -2.55. The van der Waals surface area contributed by atoms with Gasteiger partial charge in [0.1, 0.15) is 5.57 Å². The van der Waals surface area contributed by atoms with E-state index in [0.29, 0.717) is 27.2 Å². The standard InChI is InChI=1S/C20H19IN2O4/c1-4-27-17-10-13(9-16(21)18(17)24)8-15-19(25)22-23(20(15)26)14-6-5-11(2)12(3)7-14/h5-10,24H,4H2,1-3H3,(H,22,25)/b15-8+. The Bertz CT molecular complexity index is 969. The van der Waals surface area contributed by atoms with E-state index < -0.39 is 11.8 Å². The number of aromatic hydroxyl groups is 1. The molecule has 2 aromatic carbocycles. The van der Waals surface area contributed by atoms with Crippen molar-refractivity contribution in [1.82, 2.24) is 5.43 Å². The van der Waals surface area contributed by atoms with Crippen LogP contribution in [0.3, 0.4) is 0 Å². The average Bonchev–Trinajstić information content (AvgIpc) is 2.90. The number of carbonyl (C=O) groups is 2. The van der Waals surface area contributed by atoms with Crippen molar-refractivity contribution < 1.29 is 19.4 Å². The fraction of sp³-hybridized carbons (Fsp3) is 0.200. The average molecular weight is 478 g/mol. The number of anilines is 1. The summed E-state index contributed by atoms with van der Waals surface area (Å²) in [5.41, 5.74) is 5.96. The Balaban J connectivity index is 1.96. The molecule has 0 aromatic heterocycles. The Kier molecular flexibility index (Phi) is 5.41. The first-order chi connectivity index (χ1) is 12.8. The van der Waals surface area contributed by atoms with E-state index in [1.54, 1.807) is 18.2 Å². The molecule has 2 aromatic rings. The van der Waals surface area contributed by atoms with Gasteiger partial charge in [-0.25, -0.2) is 5.01 Å². The lowest BCUT2D eigenvalue weighted by Crippen LogP contribution is -2.35. The van der Waals surface area contributed by atoms with E-state index in [9.17, 15) is 14.7 Å². The van der Waals surface area contributed by atoms with Crippen LogP contribution in [0, 0.1) is 17.4 Å². The van der Waals surface area contributed by atoms with Crippen molar-refractivity contribution in [1.29, 1.82) is 0 Å². The van der Waals surface area contributed by atoms with Crippen LogP contribution in [-0.4, -0.2) is 23.5 Å². The van der Waals surface area contributed by atoms with Gasteiger partial charge in [0.15, 0.2) is 11.5 Å². The lowest BCUT2D eigenvalue weighted by Gasteiger charge is -2.16. The van der Waals surface area contributed by atoms with Gasteiger partial charge in [-0.05, 0) is 90.4 Å². The zero-order valence-electron chi connectivity index (χ0n) is 15.2. The number of aryl methyl sites for hydroxylation is 2. The lowest BCUT2D eigenvalue weighted by molar-refractivity contribution is -0.117. The quantitative estimate of drug-likeness (QED) is 0.401. The number of carbonyl (C=O) groups excluding carboxylic acids is 2. The number of hydrogen-bond acceptors (Lipinski definition) is 4. The molecule has 0 radical (unpaired) electrons. The van der Waals surface area contributed by atoms with Crippen LogP contribution in [0.15, 0.2) is 35.9 Å². The van der Waals surface area contributed by atoms with Crippen LogP contribution in [0.2, 0.25) is 0 Å². The second-order valence-electron chi connectivity index (χ2n) is 6.19. The minimum absolute atomic E-state index is 0.0252. The lowest BCUT2D eigenvalue weighted by atomic mass is 10.1. The Morgan fingerprint density at radius 2 is 1.93 bits per heavy atom. The SMILES string of the molecule is CCOc1cc(/C=C2\C(=O)NN(c3ccc(C)c(C)c3)C2=O)cc(I)c1O. The highest BCUT2D eigenvalue weighted by atomic mass is 127. The number of benzene rings is 2. The first-order valence-corrected chi connectivity index (χ1v) is 9.49. The largest absolute Gasteiger partial charge is 0.504 e. The highest BCUT2D eigenvalue weighted by molar-refractivity contribution is 14.1. The third kappa shape index (κ3) is 3.78. The number of hydrogen-bond donors (Lipinski definition) is 2. The Morgan fingerprint density at radius 1 is 1.19 bits per heavy atom. The van der Waals surface area contributed by atoms with Crippen LogP contribution in [-0.2, 0) is 9.59 Å². The van der Waals surface area contributed by atoms with Gasteiger partial charge in [0, 0.05) is 0 Å². The van der Waals surface area contributed by atoms with E-state index in [-0.39, 0.29) is 11.3 Å². The number of hydrazine groups is 1. The highest BCUT2D eigenvalue weighted by Crippen LogP contribution is 2.34. The van der Waals surface area contributed by atoms with E-state index in [1.807, 2.05) is 55.5 Å². The van der Waals surface area contributed by atoms with Crippen molar-refractivity contribution in [3.05, 3.63) is 56.2 Å². The zero-order valence-corrected chi connectivity index (χ0v) is 17.3. The van der Waals surface area contributed by atoms with Gasteiger partial charge in [0.05, 0.1) is 15.9 Å². The van der Waals surface area contributed by atoms with Crippen molar-refractivity contribution in [3.63, 3.8) is 0 Å². The smallest absolute Gasteiger partial charge is 0.282 e. The summed E-state index contributed by atoms with van der Waals surface area (Å²) >= 11 is 1.98. The zero-order chi connectivity index (χ0) is 19.7. The van der Waals surface area contributed by atoms with Crippen LogP contribution >= 0.6 is 22.6 Å². The molecule has 2 amide bonds. The van der Waals surface area contributed by atoms with Crippen LogP contribution in [0.25, 0.3) is 6.08 Å². The van der Waals surface area contributed by atoms with Crippen LogP contribution < -0.4 is 15.2 Å². The molecule has 1 saturated heterocycles. The summed E-state index contributed by atoms with van der Waals surface area (Å²) in [6, 6.07) is 8.84. The summed E-state index contributed by atoms with van der Waals surface area (Å²) in [6.45, 7) is 6.14. The number of phenols is 1. The van der Waals surface area contributed by atoms with Crippen molar-refractivity contribution in [3.8, 4) is 11.5 Å². The maximum Gasteiger partial charge on any atom is 0.282 e. The molecule has 0 saturated carbocycles. The maximum absolute atomic E-state index is 12.8. The topological polar surface area (TPSA) is 78.9 Å². The summed E-state index contributed by atoms with van der Waals surface area (Å²) in [4.78, 5) is 25.1. The molecule has 0 atom stereocenters. The molecule has 3 rings (SSSR count). The van der Waals surface area contributed by atoms with E-state index >= 15 is 0 Å². The number of rotatable bonds is 4. The van der Waals surface area contributed by atoms with Gasteiger partial charge in [-0.15, -0.1) is 0 Å². The van der Waals surface area contributed by atoms with E-state index in [0.717, 1.165) is 11.1 Å². The molecule has 0 spiro atoms. The van der Waals surface area contributed by atoms with Crippen molar-refractivity contribution in [2.24, 2.45) is 0 Å². The second-order valence-corrected chi connectivity index (χ2v) is 7.35. The fourth-order valence-electron chi connectivity index (χ4n) is 2.71. The minimum Gasteiger partial charge on any atom is -0.504 e. The number of phenolic OH excluding ortho intramolecular Hbond substituents is 1. The molecule has 27 heavy (non-hydrogen) atoms. The molecule has 1 aliphatic heterocycles. The van der Waals surface area contributed by atoms with Crippen LogP contribution in [0.4, 0.5) is 5.69 Å². The van der Waals surface area contributed by atoms with Gasteiger partial charge in [-0.2, -0.15) is 0 Å². The molecular weight excluding hydrogens is 459 g/mol. The molecule has 140 valence electrons. The van der Waals surface area contributed by atoms with Gasteiger partial charge < -0.3 is 9.84 Å². The predicted molar refractivity (Wildman–Crippen MR) is 112 cm³/mol. The third-order valence-corrected chi connectivity index (χ3v) is 5.12. The van der Waals surface area contributed by atoms with E-state index in [1.165, 1.54) is 11.1 Å². The monoisotopic (exact) mass is 478 g/mol. The van der Waals surface area contributed by atoms with Gasteiger partial charge >= 0.3 is 0 Å². The number of nitrogens with zero attached hydrogens (tertiary/aromatic N) is 1. The van der Waals surface area contributed by atoms with Crippen molar-refractivity contribution in [2.45, 2.75) is 20.8 Å². The molecule has 1 fully saturated rings. The molecule has 1 aliphatic rings. The molecular formula is C20H19IN2O4. The second kappa shape index (κ2) is 7.59. The summed E-state index contributed by atoms with van der Waals surface area (Å²) in [5, 5.41) is 11.3. The Morgan fingerprint density at radius 3 is 2.59 bits per heavy atom. The fourth-order valence-corrected chi connectivity index (χ4v) is 3.34. The van der Waals surface area contributed by atoms with Gasteiger partial charge in [-0.3, -0.25) is 15.0 Å². The third-order valence-electron chi connectivity index (χ3n) is 4.30. The molecule has 6 nitrogen and oxygen atoms in total. The summed E-state index contributed by atoms with van der Waals surface area (Å²) in [5.74, 6) is -0.546. The van der Waals surface area contributed by atoms with Crippen molar-refractivity contribution in [2.75, 3.05) is 11.6 Å². The number of ether oxygens (including phenoxy) is 1. The number of nitrogens with one attached hydrogen (secondary N) is 1. The van der Waals surface area contributed by atoms with Crippen molar-refractivity contribution >= 4 is 46.2 Å². The summed E-state index contributed by atoms with van der Waals surface area (Å²) < 4.78 is 5.98. The van der Waals surface area contributed by atoms with Gasteiger partial charge in [0.25, 0.3) is 11.8 Å². The number of halogens is 1. The molecule has 0 unspecified atom stereocenters. The normalized spacial score (nSPS) is 15.4. The molecule has 0 aliphatic carbocycles. The molecule has 1 heterocycles. The summed E-state index contributed by atoms with van der Waals surface area (Å²) in [7, 11) is 0. The van der Waals surface area contributed by atoms with E-state index in [2.05, 4.69) is 5.43 Å². The van der Waals surface area contributed by atoms with Crippen LogP contribution in [0.1, 0.15) is 23.6 Å². The summed E-state index contributed by atoms with van der Waals surface area (Å²) in [6.07, 6.45) is 1.50. The predicted octanol–water partition coefficient (Wildman–Crippen LogP) is 3.47. The molecule has 7 heteroatoms. The first-order valence-electron chi connectivity index (χ1n) is 8.41. The highest BCUT2D eigenvalue weighted by Gasteiger charge is 2.34. The first kappa shape index (κ1) is 19.2. The van der Waals surface area contributed by atoms with E-state index in [4.69, 9.17) is 4.74 Å². The van der Waals surface area contributed by atoms with Gasteiger partial charge in [0.2, 0.25) is 0 Å². The molecule has 0 bridgehead atoms. The maximum atomic E-state index is 12.8. The van der Waals surface area contributed by atoms with Gasteiger partial charge in [-0.1, -0.05) is 6.07 Å².